The van der Waals surface area contributed by atoms with E-state index in [1.54, 1.807) is 0 Å². The third-order valence-electron chi connectivity index (χ3n) is 6.69. The van der Waals surface area contributed by atoms with Crippen LogP contribution in [0.5, 0.6) is 0 Å². The summed E-state index contributed by atoms with van der Waals surface area (Å²) < 4.78 is 2.39. The SMILES string of the molecule is CCc1cc2c3cc(Nc4cccc5ccccc45)ccc3n(-c3ccccc3)c2cc1C. The number of hydrogen-bond acceptors (Lipinski definition) is 1. The van der Waals surface area contributed by atoms with Crippen LogP contribution < -0.4 is 5.32 Å². The molecule has 0 atom stereocenters. The Morgan fingerprint density at radius 3 is 2.27 bits per heavy atom. The Labute approximate surface area is 194 Å². The molecule has 33 heavy (non-hydrogen) atoms. The van der Waals surface area contributed by atoms with Crippen LogP contribution in [0.4, 0.5) is 11.4 Å². The zero-order chi connectivity index (χ0) is 22.4. The van der Waals surface area contributed by atoms with Crippen molar-refractivity contribution in [1.29, 1.82) is 0 Å². The summed E-state index contributed by atoms with van der Waals surface area (Å²) in [6.45, 7) is 4.46. The first-order valence-corrected chi connectivity index (χ1v) is 11.6. The minimum Gasteiger partial charge on any atom is -0.355 e. The van der Waals surface area contributed by atoms with Gasteiger partial charge in [-0.05, 0) is 78.4 Å². The van der Waals surface area contributed by atoms with Crippen molar-refractivity contribution in [3.05, 3.63) is 114 Å². The van der Waals surface area contributed by atoms with Gasteiger partial charge in [-0.25, -0.2) is 0 Å². The summed E-state index contributed by atoms with van der Waals surface area (Å²) in [5, 5.41) is 8.73. The van der Waals surface area contributed by atoms with Crippen LogP contribution in [0.1, 0.15) is 18.1 Å². The predicted molar refractivity (Wildman–Crippen MR) is 142 cm³/mol. The maximum Gasteiger partial charge on any atom is 0.0543 e. The van der Waals surface area contributed by atoms with Gasteiger partial charge in [0.25, 0.3) is 0 Å². The summed E-state index contributed by atoms with van der Waals surface area (Å²) in [6, 6.07) is 37.1. The quantitative estimate of drug-likeness (QED) is 0.299. The Morgan fingerprint density at radius 2 is 1.42 bits per heavy atom. The number of para-hydroxylation sites is 1. The molecular weight excluding hydrogens is 400 g/mol. The molecule has 2 nitrogen and oxygen atoms in total. The fourth-order valence-corrected chi connectivity index (χ4v) is 5.02. The van der Waals surface area contributed by atoms with Crippen LogP contribution in [0.2, 0.25) is 0 Å². The van der Waals surface area contributed by atoms with Gasteiger partial charge in [-0.2, -0.15) is 0 Å². The molecule has 0 aliphatic rings. The van der Waals surface area contributed by atoms with Gasteiger partial charge in [0.2, 0.25) is 0 Å². The molecule has 0 amide bonds. The van der Waals surface area contributed by atoms with E-state index in [1.807, 2.05) is 0 Å². The molecule has 0 spiro atoms. The fraction of sp³-hybridized carbons (Fsp3) is 0.0968. The molecule has 0 saturated heterocycles. The van der Waals surface area contributed by atoms with E-state index < -0.39 is 0 Å². The molecule has 0 fully saturated rings. The van der Waals surface area contributed by atoms with E-state index in [0.717, 1.165) is 17.8 Å². The normalized spacial score (nSPS) is 11.5. The lowest BCUT2D eigenvalue weighted by atomic mass is 10.0. The molecule has 1 aromatic heterocycles. The lowest BCUT2D eigenvalue weighted by Gasteiger charge is -2.11. The largest absolute Gasteiger partial charge is 0.355 e. The first-order chi connectivity index (χ1) is 16.2. The van der Waals surface area contributed by atoms with E-state index in [-0.39, 0.29) is 0 Å². The summed E-state index contributed by atoms with van der Waals surface area (Å²) in [5.41, 5.74) is 8.66. The van der Waals surface area contributed by atoms with Crippen LogP contribution >= 0.6 is 0 Å². The van der Waals surface area contributed by atoms with E-state index >= 15 is 0 Å². The van der Waals surface area contributed by atoms with Crippen molar-refractivity contribution >= 4 is 44.0 Å². The highest BCUT2D eigenvalue weighted by molar-refractivity contribution is 6.11. The highest BCUT2D eigenvalue weighted by Gasteiger charge is 2.15. The Kier molecular flexibility index (Phi) is 4.66. The van der Waals surface area contributed by atoms with Crippen LogP contribution in [-0.2, 0) is 6.42 Å². The second kappa shape index (κ2) is 7.83. The number of anilines is 2. The first-order valence-electron chi connectivity index (χ1n) is 11.6. The number of fused-ring (bicyclic) bond motifs is 4. The monoisotopic (exact) mass is 426 g/mol. The van der Waals surface area contributed by atoms with Crippen molar-refractivity contribution in [3.63, 3.8) is 0 Å². The molecule has 2 heteroatoms. The molecule has 0 unspecified atom stereocenters. The number of aromatic nitrogens is 1. The van der Waals surface area contributed by atoms with Crippen LogP contribution in [0.25, 0.3) is 38.3 Å². The van der Waals surface area contributed by atoms with Gasteiger partial charge in [0.05, 0.1) is 11.0 Å². The van der Waals surface area contributed by atoms with Crippen LogP contribution in [0.15, 0.2) is 103 Å². The molecule has 0 aliphatic carbocycles. The summed E-state index contributed by atoms with van der Waals surface area (Å²) in [7, 11) is 0. The Bertz CT molecular complexity index is 1620. The summed E-state index contributed by atoms with van der Waals surface area (Å²) >= 11 is 0. The molecule has 0 aliphatic heterocycles. The number of aryl methyl sites for hydroxylation is 2. The zero-order valence-electron chi connectivity index (χ0n) is 19.0. The van der Waals surface area contributed by atoms with Crippen molar-refractivity contribution in [3.8, 4) is 5.69 Å². The van der Waals surface area contributed by atoms with Gasteiger partial charge >= 0.3 is 0 Å². The van der Waals surface area contributed by atoms with Crippen molar-refractivity contribution in [1.82, 2.24) is 4.57 Å². The molecule has 0 saturated carbocycles. The third kappa shape index (κ3) is 3.27. The van der Waals surface area contributed by atoms with Crippen LogP contribution in [0.3, 0.4) is 0 Å². The van der Waals surface area contributed by atoms with Gasteiger partial charge < -0.3 is 9.88 Å². The first kappa shape index (κ1) is 19.6. The molecule has 1 N–H and O–H groups in total. The van der Waals surface area contributed by atoms with Gasteiger partial charge in [-0.3, -0.25) is 0 Å². The van der Waals surface area contributed by atoms with E-state index in [4.69, 9.17) is 0 Å². The molecule has 0 radical (unpaired) electrons. The van der Waals surface area contributed by atoms with Gasteiger partial charge in [-0.1, -0.05) is 61.5 Å². The maximum absolute atomic E-state index is 3.68. The summed E-state index contributed by atoms with van der Waals surface area (Å²) in [5.74, 6) is 0. The molecule has 1 heterocycles. The smallest absolute Gasteiger partial charge is 0.0543 e. The lowest BCUT2D eigenvalue weighted by molar-refractivity contribution is 1.11. The maximum atomic E-state index is 3.68. The van der Waals surface area contributed by atoms with Crippen molar-refractivity contribution in [2.24, 2.45) is 0 Å². The summed E-state index contributed by atoms with van der Waals surface area (Å²) in [6.07, 6.45) is 1.04. The van der Waals surface area contributed by atoms with Crippen molar-refractivity contribution in [2.75, 3.05) is 5.32 Å². The third-order valence-corrected chi connectivity index (χ3v) is 6.69. The minimum atomic E-state index is 1.04. The fourth-order valence-electron chi connectivity index (χ4n) is 5.02. The second-order valence-electron chi connectivity index (χ2n) is 8.70. The molecule has 6 rings (SSSR count). The Balaban J connectivity index is 1.58. The van der Waals surface area contributed by atoms with E-state index in [0.29, 0.717) is 0 Å². The van der Waals surface area contributed by atoms with Gasteiger partial charge in [-0.15, -0.1) is 0 Å². The predicted octanol–water partition coefficient (Wildman–Crippen LogP) is 8.55. The average Bonchev–Trinajstić information content (AvgIpc) is 3.16. The van der Waals surface area contributed by atoms with Gasteiger partial charge in [0.1, 0.15) is 0 Å². The van der Waals surface area contributed by atoms with Crippen molar-refractivity contribution in [2.45, 2.75) is 20.3 Å². The lowest BCUT2D eigenvalue weighted by Crippen LogP contribution is -1.95. The highest BCUT2D eigenvalue weighted by Crippen LogP contribution is 2.36. The zero-order valence-corrected chi connectivity index (χ0v) is 19.0. The minimum absolute atomic E-state index is 1.04. The molecule has 160 valence electrons. The Morgan fingerprint density at radius 1 is 0.667 bits per heavy atom. The van der Waals surface area contributed by atoms with Crippen molar-refractivity contribution < 1.29 is 0 Å². The summed E-state index contributed by atoms with van der Waals surface area (Å²) in [4.78, 5) is 0. The van der Waals surface area contributed by atoms with Crippen LogP contribution in [-0.4, -0.2) is 4.57 Å². The highest BCUT2D eigenvalue weighted by atomic mass is 15.0. The molecular formula is C31H26N2. The standard InChI is InChI=1S/C31H26N2/c1-3-22-19-27-28-20-24(32-29-15-9-11-23-10-7-8-14-26(23)29)16-17-30(28)33(31(27)18-21(22)2)25-12-5-4-6-13-25/h4-20,32H,3H2,1-2H3. The number of nitrogens with one attached hydrogen (secondary N) is 1. The number of rotatable bonds is 4. The molecule has 5 aromatic carbocycles. The Hall–Kier alpha value is -4.04. The second-order valence-corrected chi connectivity index (χ2v) is 8.70. The number of benzene rings is 5. The van der Waals surface area contributed by atoms with Gasteiger partial charge in [0, 0.05) is 33.2 Å². The topological polar surface area (TPSA) is 17.0 Å². The van der Waals surface area contributed by atoms with E-state index in [9.17, 15) is 0 Å². The number of nitrogens with zero attached hydrogens (tertiary/aromatic N) is 1. The average molecular weight is 427 g/mol. The number of hydrogen-bond donors (Lipinski definition) is 1. The van der Waals surface area contributed by atoms with E-state index in [2.05, 4.69) is 127 Å². The van der Waals surface area contributed by atoms with Gasteiger partial charge in [0.15, 0.2) is 0 Å². The molecule has 0 bridgehead atoms. The molecule has 6 aromatic rings. The van der Waals surface area contributed by atoms with E-state index in [1.165, 1.54) is 49.4 Å². The van der Waals surface area contributed by atoms with Crippen LogP contribution in [0, 0.1) is 6.92 Å².